The van der Waals surface area contributed by atoms with Crippen LogP contribution in [0, 0.1) is 0 Å². The third kappa shape index (κ3) is 13.7. The van der Waals surface area contributed by atoms with E-state index < -0.39 is 66.9 Å². The number of hydrogen-bond donors (Lipinski definition) is 10. The molecule has 0 aromatic rings. The van der Waals surface area contributed by atoms with Gasteiger partial charge in [-0.1, -0.05) is 6.42 Å². The van der Waals surface area contributed by atoms with Crippen LogP contribution in [-0.2, 0) is 24.0 Å². The number of unbranched alkanes of at least 4 members (excludes halogenated alkanes) is 1. The lowest BCUT2D eigenvalue weighted by molar-refractivity contribution is -0.144. The standard InChI is InChI=1S/C19H36N8O8/c20-6-2-1-4-10(21)15(31)26-12(8-14(29)30)17(33)25-11(5-3-7-24-19(22)23)16(32)27-13(9-28)18(34)35/h10-13,28H,1-9,20-21H2,(H,25,33)(H,26,31)(H,27,32)(H,29,30)(H,34,35)(H4,22,23,24). The van der Waals surface area contributed by atoms with Gasteiger partial charge in [0.25, 0.3) is 0 Å². The molecule has 16 nitrogen and oxygen atoms in total. The Hall–Kier alpha value is -3.50. The van der Waals surface area contributed by atoms with E-state index in [4.69, 9.17) is 38.3 Å². The number of carbonyl (C=O) groups is 5. The first-order chi connectivity index (χ1) is 16.4. The van der Waals surface area contributed by atoms with Crippen LogP contribution in [-0.4, -0.2) is 94.8 Å². The van der Waals surface area contributed by atoms with Crippen LogP contribution in [0.4, 0.5) is 0 Å². The molecule has 3 amide bonds. The molecule has 0 aliphatic rings. The van der Waals surface area contributed by atoms with Gasteiger partial charge in [0.2, 0.25) is 17.7 Å². The van der Waals surface area contributed by atoms with E-state index in [1.54, 1.807) is 0 Å². The van der Waals surface area contributed by atoms with Crippen LogP contribution in [0.3, 0.4) is 0 Å². The number of hydrogen-bond acceptors (Lipinski definition) is 9. The van der Waals surface area contributed by atoms with Crippen molar-refractivity contribution in [1.29, 1.82) is 0 Å². The highest BCUT2D eigenvalue weighted by atomic mass is 16.4. The van der Waals surface area contributed by atoms with E-state index in [9.17, 15) is 24.0 Å². The number of amides is 3. The number of carbonyl (C=O) groups excluding carboxylic acids is 3. The van der Waals surface area contributed by atoms with E-state index in [0.717, 1.165) is 0 Å². The van der Waals surface area contributed by atoms with Gasteiger partial charge in [-0.15, -0.1) is 0 Å². The van der Waals surface area contributed by atoms with E-state index in [-0.39, 0.29) is 31.8 Å². The summed E-state index contributed by atoms with van der Waals surface area (Å²) in [6, 6.07) is -5.57. The van der Waals surface area contributed by atoms with E-state index >= 15 is 0 Å². The number of guanidine groups is 1. The van der Waals surface area contributed by atoms with Gasteiger partial charge in [0.1, 0.15) is 18.1 Å². The fourth-order valence-corrected chi connectivity index (χ4v) is 2.80. The maximum absolute atomic E-state index is 12.8. The zero-order valence-electron chi connectivity index (χ0n) is 19.3. The zero-order chi connectivity index (χ0) is 27.0. The Kier molecular flexibility index (Phi) is 15.3. The number of nitrogens with two attached hydrogens (primary N) is 4. The molecular formula is C19H36N8O8. The number of carboxylic acid groups (broad SMARTS) is 2. The summed E-state index contributed by atoms with van der Waals surface area (Å²) in [6.45, 7) is -0.420. The molecule has 0 spiro atoms. The molecule has 0 aliphatic heterocycles. The minimum absolute atomic E-state index is 0.0710. The van der Waals surface area contributed by atoms with Gasteiger partial charge in [-0.3, -0.25) is 24.2 Å². The Bertz CT molecular complexity index is 759. The second-order valence-corrected chi connectivity index (χ2v) is 7.64. The monoisotopic (exact) mass is 504 g/mol. The summed E-state index contributed by atoms with van der Waals surface area (Å²) in [5.41, 5.74) is 21.6. The van der Waals surface area contributed by atoms with E-state index in [2.05, 4.69) is 20.9 Å². The second-order valence-electron chi connectivity index (χ2n) is 7.64. The maximum atomic E-state index is 12.8. The Morgan fingerprint density at radius 2 is 1.37 bits per heavy atom. The van der Waals surface area contributed by atoms with Crippen LogP contribution >= 0.6 is 0 Å². The summed E-state index contributed by atoms with van der Waals surface area (Å²) >= 11 is 0. The van der Waals surface area contributed by atoms with Crippen LogP contribution in [0.1, 0.15) is 38.5 Å². The number of aliphatic hydroxyl groups is 1. The first kappa shape index (κ1) is 31.5. The van der Waals surface area contributed by atoms with Crippen molar-refractivity contribution in [2.45, 2.75) is 62.7 Å². The summed E-state index contributed by atoms with van der Waals surface area (Å²) in [5.74, 6) is -5.83. The molecule has 200 valence electrons. The fourth-order valence-electron chi connectivity index (χ4n) is 2.80. The third-order valence-corrected chi connectivity index (χ3v) is 4.69. The molecule has 0 aromatic carbocycles. The second kappa shape index (κ2) is 17.0. The van der Waals surface area contributed by atoms with Gasteiger partial charge < -0.3 is 54.2 Å². The minimum Gasteiger partial charge on any atom is -0.481 e. The van der Waals surface area contributed by atoms with Crippen molar-refractivity contribution in [2.24, 2.45) is 27.9 Å². The molecule has 0 aromatic heterocycles. The fraction of sp³-hybridized carbons (Fsp3) is 0.684. The molecule has 0 fully saturated rings. The van der Waals surface area contributed by atoms with Crippen molar-refractivity contribution in [1.82, 2.24) is 16.0 Å². The highest BCUT2D eigenvalue weighted by Gasteiger charge is 2.31. The quantitative estimate of drug-likeness (QED) is 0.0480. The molecule has 0 saturated carbocycles. The summed E-state index contributed by atoms with van der Waals surface area (Å²) in [5, 5.41) is 34.0. The smallest absolute Gasteiger partial charge is 0.328 e. The molecule has 14 N–H and O–H groups in total. The van der Waals surface area contributed by atoms with Gasteiger partial charge in [0, 0.05) is 6.54 Å². The molecule has 0 aliphatic carbocycles. The SMILES string of the molecule is NCCCCC(N)C(=O)NC(CC(=O)O)C(=O)NC(CCCN=C(N)N)C(=O)NC(CO)C(=O)O. The largest absolute Gasteiger partial charge is 0.481 e. The predicted molar refractivity (Wildman–Crippen MR) is 124 cm³/mol. The van der Waals surface area contributed by atoms with Crippen LogP contribution in [0.15, 0.2) is 4.99 Å². The predicted octanol–water partition coefficient (Wildman–Crippen LogP) is -4.50. The van der Waals surface area contributed by atoms with Gasteiger partial charge in [-0.25, -0.2) is 4.79 Å². The van der Waals surface area contributed by atoms with Crippen LogP contribution in [0.5, 0.6) is 0 Å². The molecule has 35 heavy (non-hydrogen) atoms. The average Bonchev–Trinajstić information content (AvgIpc) is 2.77. The van der Waals surface area contributed by atoms with Crippen LogP contribution in [0.2, 0.25) is 0 Å². The van der Waals surface area contributed by atoms with Gasteiger partial charge in [-0.05, 0) is 32.2 Å². The van der Waals surface area contributed by atoms with Gasteiger partial charge >= 0.3 is 11.9 Å². The molecule has 16 heteroatoms. The van der Waals surface area contributed by atoms with E-state index in [0.29, 0.717) is 19.4 Å². The van der Waals surface area contributed by atoms with Crippen LogP contribution < -0.4 is 38.9 Å². The lowest BCUT2D eigenvalue weighted by Crippen LogP contribution is -2.57. The summed E-state index contributed by atoms with van der Waals surface area (Å²) < 4.78 is 0. The first-order valence-corrected chi connectivity index (χ1v) is 10.9. The van der Waals surface area contributed by atoms with Crippen molar-refractivity contribution >= 4 is 35.6 Å². The molecule has 4 unspecified atom stereocenters. The van der Waals surface area contributed by atoms with Crippen molar-refractivity contribution in [3.63, 3.8) is 0 Å². The maximum Gasteiger partial charge on any atom is 0.328 e. The van der Waals surface area contributed by atoms with E-state index in [1.807, 2.05) is 0 Å². The lowest BCUT2D eigenvalue weighted by atomic mass is 10.1. The highest BCUT2D eigenvalue weighted by molar-refractivity contribution is 5.95. The highest BCUT2D eigenvalue weighted by Crippen LogP contribution is 2.04. The number of nitrogens with one attached hydrogen (secondary N) is 3. The number of aliphatic imine (C=N–C) groups is 1. The van der Waals surface area contributed by atoms with Crippen molar-refractivity contribution in [2.75, 3.05) is 19.7 Å². The Balaban J connectivity index is 5.47. The number of carboxylic acids is 2. The number of nitrogens with zero attached hydrogens (tertiary/aromatic N) is 1. The van der Waals surface area contributed by atoms with Gasteiger partial charge in [-0.2, -0.15) is 0 Å². The first-order valence-electron chi connectivity index (χ1n) is 10.9. The number of aliphatic carboxylic acids is 2. The number of aliphatic hydroxyl groups excluding tert-OH is 1. The molecule has 0 saturated heterocycles. The van der Waals surface area contributed by atoms with Gasteiger partial charge in [0.15, 0.2) is 5.96 Å². The molecule has 4 atom stereocenters. The van der Waals surface area contributed by atoms with Gasteiger partial charge in [0.05, 0.1) is 19.1 Å². The summed E-state index contributed by atoms with van der Waals surface area (Å²) in [4.78, 5) is 63.8. The molecular weight excluding hydrogens is 468 g/mol. The minimum atomic E-state index is -1.64. The third-order valence-electron chi connectivity index (χ3n) is 4.69. The molecule has 0 bridgehead atoms. The topological polar surface area (TPSA) is 299 Å². The lowest BCUT2D eigenvalue weighted by Gasteiger charge is -2.24. The molecule has 0 heterocycles. The number of rotatable bonds is 18. The van der Waals surface area contributed by atoms with E-state index in [1.165, 1.54) is 0 Å². The van der Waals surface area contributed by atoms with Crippen molar-refractivity contribution in [3.8, 4) is 0 Å². The summed E-state index contributed by atoms with van der Waals surface area (Å²) in [6.07, 6.45) is 0.742. The van der Waals surface area contributed by atoms with Crippen molar-refractivity contribution < 1.29 is 39.3 Å². The molecule has 0 radical (unpaired) electrons. The van der Waals surface area contributed by atoms with Crippen LogP contribution in [0.25, 0.3) is 0 Å². The Morgan fingerprint density at radius 1 is 0.800 bits per heavy atom. The summed E-state index contributed by atoms with van der Waals surface area (Å²) in [7, 11) is 0. The zero-order valence-corrected chi connectivity index (χ0v) is 19.3. The Morgan fingerprint density at radius 3 is 1.89 bits per heavy atom. The average molecular weight is 505 g/mol. The Labute approximate surface area is 201 Å². The molecule has 0 rings (SSSR count). The normalized spacial score (nSPS) is 14.0. The van der Waals surface area contributed by atoms with Crippen molar-refractivity contribution in [3.05, 3.63) is 0 Å².